The van der Waals surface area contributed by atoms with Crippen LogP contribution >= 0.6 is 0 Å². The average molecular weight is 244 g/mol. The average Bonchev–Trinajstić information content (AvgIpc) is 2.88. The Labute approximate surface area is 110 Å². The maximum Gasteiger partial charge on any atom is 0.00776 e. The Morgan fingerprint density at radius 1 is 1.28 bits per heavy atom. The van der Waals surface area contributed by atoms with Gasteiger partial charge < -0.3 is 10.6 Å². The monoisotopic (exact) mass is 244 g/mol. The van der Waals surface area contributed by atoms with Gasteiger partial charge in [-0.25, -0.2) is 0 Å². The molecule has 2 N–H and O–H groups in total. The molecule has 1 aliphatic heterocycles. The molecule has 0 bridgehead atoms. The lowest BCUT2D eigenvalue weighted by atomic mass is 9.64. The molecule has 3 rings (SSSR count). The quantitative estimate of drug-likeness (QED) is 0.850. The van der Waals surface area contributed by atoms with Gasteiger partial charge in [-0.15, -0.1) is 0 Å². The molecule has 0 aromatic heterocycles. The third-order valence-corrected chi connectivity index (χ3v) is 4.88. The van der Waals surface area contributed by atoms with Gasteiger partial charge >= 0.3 is 0 Å². The SMILES string of the molecule is CNCC1(c2ccc(C3CCNC3)cc2)CCC1. The van der Waals surface area contributed by atoms with Crippen LogP contribution in [0.5, 0.6) is 0 Å². The predicted molar refractivity (Wildman–Crippen MR) is 76.1 cm³/mol. The molecule has 2 fully saturated rings. The van der Waals surface area contributed by atoms with Gasteiger partial charge in [0, 0.05) is 18.5 Å². The smallest absolute Gasteiger partial charge is 0.00776 e. The topological polar surface area (TPSA) is 24.1 Å². The lowest BCUT2D eigenvalue weighted by Gasteiger charge is -2.42. The van der Waals surface area contributed by atoms with Crippen molar-refractivity contribution >= 4 is 0 Å². The Bertz CT molecular complexity index is 386. The zero-order valence-corrected chi connectivity index (χ0v) is 11.3. The summed E-state index contributed by atoms with van der Waals surface area (Å²) in [6.45, 7) is 3.45. The molecule has 1 saturated heterocycles. The van der Waals surface area contributed by atoms with E-state index in [2.05, 4.69) is 41.9 Å². The van der Waals surface area contributed by atoms with Crippen molar-refractivity contribution in [3.05, 3.63) is 35.4 Å². The Morgan fingerprint density at radius 3 is 2.56 bits per heavy atom. The van der Waals surface area contributed by atoms with Crippen LogP contribution in [0.15, 0.2) is 24.3 Å². The minimum atomic E-state index is 0.432. The molecular formula is C16H24N2. The second-order valence-electron chi connectivity index (χ2n) is 5.98. The number of benzene rings is 1. The molecule has 1 saturated carbocycles. The molecule has 18 heavy (non-hydrogen) atoms. The van der Waals surface area contributed by atoms with Gasteiger partial charge in [-0.1, -0.05) is 30.7 Å². The van der Waals surface area contributed by atoms with Crippen LogP contribution in [0.3, 0.4) is 0 Å². The maximum absolute atomic E-state index is 3.45. The first kappa shape index (κ1) is 12.2. The first-order valence-electron chi connectivity index (χ1n) is 7.30. The van der Waals surface area contributed by atoms with E-state index >= 15 is 0 Å². The summed E-state index contributed by atoms with van der Waals surface area (Å²) in [5, 5.41) is 6.82. The van der Waals surface area contributed by atoms with Crippen LogP contribution in [0.25, 0.3) is 0 Å². The van der Waals surface area contributed by atoms with E-state index in [0.29, 0.717) is 5.41 Å². The molecule has 0 amide bonds. The molecular weight excluding hydrogens is 220 g/mol. The van der Waals surface area contributed by atoms with Crippen LogP contribution in [0.2, 0.25) is 0 Å². The van der Waals surface area contributed by atoms with E-state index in [0.717, 1.165) is 19.0 Å². The highest BCUT2D eigenvalue weighted by molar-refractivity contribution is 5.33. The highest BCUT2D eigenvalue weighted by atomic mass is 14.9. The first-order valence-corrected chi connectivity index (χ1v) is 7.30. The number of hydrogen-bond donors (Lipinski definition) is 2. The second-order valence-corrected chi connectivity index (χ2v) is 5.98. The van der Waals surface area contributed by atoms with Crippen molar-refractivity contribution in [3.63, 3.8) is 0 Å². The predicted octanol–water partition coefficient (Wildman–Crippen LogP) is 2.40. The lowest BCUT2D eigenvalue weighted by molar-refractivity contribution is 0.239. The Hall–Kier alpha value is -0.860. The largest absolute Gasteiger partial charge is 0.319 e. The number of likely N-dealkylation sites (N-methyl/N-ethyl adjacent to an activating group) is 1. The van der Waals surface area contributed by atoms with E-state index in [1.165, 1.54) is 43.4 Å². The zero-order chi connectivity index (χ0) is 12.4. The summed E-state index contributed by atoms with van der Waals surface area (Å²) >= 11 is 0. The van der Waals surface area contributed by atoms with Crippen molar-refractivity contribution in [2.75, 3.05) is 26.7 Å². The van der Waals surface area contributed by atoms with Crippen molar-refractivity contribution in [2.24, 2.45) is 0 Å². The van der Waals surface area contributed by atoms with Crippen LogP contribution < -0.4 is 10.6 Å². The third kappa shape index (κ3) is 2.08. The van der Waals surface area contributed by atoms with E-state index in [-0.39, 0.29) is 0 Å². The normalized spacial score (nSPS) is 25.9. The summed E-state index contributed by atoms with van der Waals surface area (Å²) in [6.07, 6.45) is 5.37. The molecule has 2 heteroatoms. The van der Waals surface area contributed by atoms with E-state index < -0.39 is 0 Å². The number of rotatable bonds is 4. The van der Waals surface area contributed by atoms with Gasteiger partial charge in [0.2, 0.25) is 0 Å². The van der Waals surface area contributed by atoms with Crippen LogP contribution in [0, 0.1) is 0 Å². The summed E-state index contributed by atoms with van der Waals surface area (Å²) in [5.74, 6) is 0.737. The van der Waals surface area contributed by atoms with Gasteiger partial charge in [0.05, 0.1) is 0 Å². The standard InChI is InChI=1S/C16H24N2/c1-17-12-16(8-2-9-16)15-5-3-13(4-6-15)14-7-10-18-11-14/h3-6,14,17-18H,2,7-12H2,1H3. The zero-order valence-electron chi connectivity index (χ0n) is 11.3. The number of hydrogen-bond acceptors (Lipinski definition) is 2. The van der Waals surface area contributed by atoms with Crippen molar-refractivity contribution in [3.8, 4) is 0 Å². The molecule has 0 radical (unpaired) electrons. The summed E-state index contributed by atoms with van der Waals surface area (Å²) in [5.41, 5.74) is 3.49. The highest BCUT2D eigenvalue weighted by Gasteiger charge is 2.37. The van der Waals surface area contributed by atoms with Crippen LogP contribution in [-0.2, 0) is 5.41 Å². The van der Waals surface area contributed by atoms with Gasteiger partial charge in [0.1, 0.15) is 0 Å². The van der Waals surface area contributed by atoms with Crippen molar-refractivity contribution in [1.82, 2.24) is 10.6 Å². The van der Waals surface area contributed by atoms with Crippen molar-refractivity contribution in [1.29, 1.82) is 0 Å². The highest BCUT2D eigenvalue weighted by Crippen LogP contribution is 2.43. The van der Waals surface area contributed by atoms with Gasteiger partial charge in [-0.05, 0) is 49.9 Å². The number of nitrogens with one attached hydrogen (secondary N) is 2. The summed E-state index contributed by atoms with van der Waals surface area (Å²) in [6, 6.07) is 9.49. The summed E-state index contributed by atoms with van der Waals surface area (Å²) in [7, 11) is 2.07. The maximum atomic E-state index is 3.45. The molecule has 2 nitrogen and oxygen atoms in total. The van der Waals surface area contributed by atoms with Crippen molar-refractivity contribution < 1.29 is 0 Å². The summed E-state index contributed by atoms with van der Waals surface area (Å²) in [4.78, 5) is 0. The van der Waals surface area contributed by atoms with E-state index in [4.69, 9.17) is 0 Å². The molecule has 98 valence electrons. The van der Waals surface area contributed by atoms with E-state index in [1.807, 2.05) is 0 Å². The molecule has 1 aromatic carbocycles. The van der Waals surface area contributed by atoms with Gasteiger partial charge in [-0.2, -0.15) is 0 Å². The fourth-order valence-corrected chi connectivity index (χ4v) is 3.56. The van der Waals surface area contributed by atoms with Crippen LogP contribution in [0.4, 0.5) is 0 Å². The summed E-state index contributed by atoms with van der Waals surface area (Å²) < 4.78 is 0. The molecule has 1 heterocycles. The third-order valence-electron chi connectivity index (χ3n) is 4.88. The van der Waals surface area contributed by atoms with Gasteiger partial charge in [0.15, 0.2) is 0 Å². The Kier molecular flexibility index (Phi) is 3.40. The molecule has 1 unspecified atom stereocenters. The van der Waals surface area contributed by atoms with Gasteiger partial charge in [-0.3, -0.25) is 0 Å². The first-order chi connectivity index (χ1) is 8.84. The molecule has 1 aliphatic carbocycles. The lowest BCUT2D eigenvalue weighted by Crippen LogP contribution is -2.42. The molecule has 1 aromatic rings. The van der Waals surface area contributed by atoms with Gasteiger partial charge in [0.25, 0.3) is 0 Å². The molecule has 2 aliphatic rings. The molecule has 1 atom stereocenters. The minimum Gasteiger partial charge on any atom is -0.319 e. The van der Waals surface area contributed by atoms with Crippen molar-refractivity contribution in [2.45, 2.75) is 37.0 Å². The van der Waals surface area contributed by atoms with E-state index in [1.54, 1.807) is 0 Å². The Balaban J connectivity index is 1.77. The minimum absolute atomic E-state index is 0.432. The fraction of sp³-hybridized carbons (Fsp3) is 0.625. The Morgan fingerprint density at radius 2 is 2.06 bits per heavy atom. The van der Waals surface area contributed by atoms with E-state index in [9.17, 15) is 0 Å². The molecule has 0 spiro atoms. The fourth-order valence-electron chi connectivity index (χ4n) is 3.56. The second kappa shape index (κ2) is 5.02. The van der Waals surface area contributed by atoms with Crippen LogP contribution in [0.1, 0.15) is 42.7 Å². The van der Waals surface area contributed by atoms with Crippen LogP contribution in [-0.4, -0.2) is 26.7 Å².